The maximum absolute atomic E-state index is 12.5. The number of nitrogens with zero attached hydrogens (tertiary/aromatic N) is 3. The van der Waals surface area contributed by atoms with Crippen LogP contribution in [0.5, 0.6) is 0 Å². The zero-order valence-electron chi connectivity index (χ0n) is 13.5. The molecule has 0 saturated carbocycles. The smallest absolute Gasteiger partial charge is 0.174 e. The molecule has 2 heterocycles. The van der Waals surface area contributed by atoms with E-state index in [1.54, 1.807) is 7.11 Å². The van der Waals surface area contributed by atoms with Gasteiger partial charge in [-0.1, -0.05) is 23.1 Å². The van der Waals surface area contributed by atoms with Gasteiger partial charge in [0.15, 0.2) is 10.1 Å². The van der Waals surface area contributed by atoms with Gasteiger partial charge in [-0.25, -0.2) is 0 Å². The third-order valence-corrected chi connectivity index (χ3v) is 5.44. The van der Waals surface area contributed by atoms with Crippen LogP contribution < -0.4 is 0 Å². The SMILES string of the molecule is COCC(C)n1c(C)cc(C(=O)CSc2nnc(C)s2)c1C. The Labute approximate surface area is 139 Å². The van der Waals surface area contributed by atoms with E-state index in [2.05, 4.69) is 21.7 Å². The van der Waals surface area contributed by atoms with E-state index in [9.17, 15) is 4.79 Å². The molecule has 5 nitrogen and oxygen atoms in total. The van der Waals surface area contributed by atoms with Crippen molar-refractivity contribution in [2.45, 2.75) is 38.1 Å². The minimum atomic E-state index is 0.127. The van der Waals surface area contributed by atoms with Crippen molar-refractivity contribution in [2.24, 2.45) is 0 Å². The maximum atomic E-state index is 12.5. The lowest BCUT2D eigenvalue weighted by Gasteiger charge is -2.17. The first-order valence-corrected chi connectivity index (χ1v) is 8.87. The number of methoxy groups -OCH3 is 1. The molecule has 0 bridgehead atoms. The Bertz CT molecular complexity index is 664. The highest BCUT2D eigenvalue weighted by Crippen LogP contribution is 2.25. The van der Waals surface area contributed by atoms with Crippen LogP contribution in [-0.4, -0.2) is 40.0 Å². The molecule has 7 heteroatoms. The van der Waals surface area contributed by atoms with Crippen LogP contribution in [0.3, 0.4) is 0 Å². The summed E-state index contributed by atoms with van der Waals surface area (Å²) in [5.74, 6) is 0.513. The summed E-state index contributed by atoms with van der Waals surface area (Å²) in [5, 5.41) is 8.92. The van der Waals surface area contributed by atoms with Crippen molar-refractivity contribution in [1.29, 1.82) is 0 Å². The number of hydrogen-bond acceptors (Lipinski definition) is 6. The van der Waals surface area contributed by atoms with Gasteiger partial charge < -0.3 is 9.30 Å². The van der Waals surface area contributed by atoms with Crippen molar-refractivity contribution in [3.63, 3.8) is 0 Å². The van der Waals surface area contributed by atoms with E-state index in [0.29, 0.717) is 12.4 Å². The van der Waals surface area contributed by atoms with Crippen LogP contribution in [0.15, 0.2) is 10.4 Å². The van der Waals surface area contributed by atoms with E-state index in [1.807, 2.05) is 26.8 Å². The van der Waals surface area contributed by atoms with Gasteiger partial charge in [0.1, 0.15) is 5.01 Å². The number of aromatic nitrogens is 3. The average molecular weight is 339 g/mol. The average Bonchev–Trinajstić information content (AvgIpc) is 3.00. The summed E-state index contributed by atoms with van der Waals surface area (Å²) in [6, 6.07) is 2.18. The molecule has 1 unspecified atom stereocenters. The standard InChI is InChI=1S/C15H21N3O2S2/c1-9-6-13(11(3)18(9)10(2)7-20-5)14(19)8-21-15-17-16-12(4)22-15/h6,10H,7-8H2,1-5H3. The third-order valence-electron chi connectivity index (χ3n) is 3.47. The van der Waals surface area contributed by atoms with Gasteiger partial charge in [-0.15, -0.1) is 10.2 Å². The number of carbonyl (C=O) groups excluding carboxylic acids is 1. The molecule has 0 radical (unpaired) electrons. The molecule has 2 rings (SSSR count). The Morgan fingerprint density at radius 2 is 2.14 bits per heavy atom. The Morgan fingerprint density at radius 1 is 1.41 bits per heavy atom. The molecule has 0 spiro atoms. The molecule has 0 aliphatic carbocycles. The minimum absolute atomic E-state index is 0.127. The van der Waals surface area contributed by atoms with Gasteiger partial charge in [0, 0.05) is 24.1 Å². The van der Waals surface area contributed by atoms with Gasteiger partial charge in [-0.05, 0) is 33.8 Å². The second-order valence-corrected chi connectivity index (χ2v) is 7.66. The maximum Gasteiger partial charge on any atom is 0.174 e. The lowest BCUT2D eigenvalue weighted by molar-refractivity contribution is 0.102. The third kappa shape index (κ3) is 3.77. The monoisotopic (exact) mass is 339 g/mol. The molecule has 120 valence electrons. The van der Waals surface area contributed by atoms with Crippen molar-refractivity contribution in [3.8, 4) is 0 Å². The topological polar surface area (TPSA) is 57.0 Å². The fraction of sp³-hybridized carbons (Fsp3) is 0.533. The largest absolute Gasteiger partial charge is 0.383 e. The van der Waals surface area contributed by atoms with E-state index in [1.165, 1.54) is 23.1 Å². The van der Waals surface area contributed by atoms with Crippen molar-refractivity contribution in [1.82, 2.24) is 14.8 Å². The van der Waals surface area contributed by atoms with Crippen LogP contribution in [0.1, 0.15) is 39.7 Å². The summed E-state index contributed by atoms with van der Waals surface area (Å²) in [4.78, 5) is 12.5. The number of Topliss-reactive ketones (excluding diaryl/α,β-unsaturated/α-hetero) is 1. The van der Waals surface area contributed by atoms with Gasteiger partial charge in [0.25, 0.3) is 0 Å². The number of hydrogen-bond donors (Lipinski definition) is 0. The van der Waals surface area contributed by atoms with Crippen LogP contribution in [0.4, 0.5) is 0 Å². The molecule has 22 heavy (non-hydrogen) atoms. The minimum Gasteiger partial charge on any atom is -0.383 e. The molecule has 0 fully saturated rings. The number of thioether (sulfide) groups is 1. The Balaban J connectivity index is 2.11. The zero-order chi connectivity index (χ0) is 16.3. The summed E-state index contributed by atoms with van der Waals surface area (Å²) in [6.45, 7) is 8.65. The van der Waals surface area contributed by atoms with Crippen LogP contribution in [-0.2, 0) is 4.74 Å². The molecule has 2 aromatic rings. The summed E-state index contributed by atoms with van der Waals surface area (Å²) in [5.41, 5.74) is 2.87. The zero-order valence-corrected chi connectivity index (χ0v) is 15.2. The van der Waals surface area contributed by atoms with Gasteiger partial charge in [0.05, 0.1) is 18.4 Å². The number of rotatable bonds is 7. The van der Waals surface area contributed by atoms with Crippen LogP contribution in [0.2, 0.25) is 0 Å². The second-order valence-electron chi connectivity index (χ2n) is 5.26. The summed E-state index contributed by atoms with van der Waals surface area (Å²) in [7, 11) is 1.69. The van der Waals surface area contributed by atoms with Crippen molar-refractivity contribution < 1.29 is 9.53 Å². The number of carbonyl (C=O) groups is 1. The molecule has 0 amide bonds. The van der Waals surface area contributed by atoms with Crippen molar-refractivity contribution >= 4 is 28.9 Å². The summed E-state index contributed by atoms with van der Waals surface area (Å²) >= 11 is 2.96. The molecule has 0 saturated heterocycles. The first-order valence-electron chi connectivity index (χ1n) is 7.07. The predicted octanol–water partition coefficient (Wildman–Crippen LogP) is 3.45. The Morgan fingerprint density at radius 3 is 2.73 bits per heavy atom. The molecule has 0 aliphatic heterocycles. The number of aryl methyl sites for hydroxylation is 2. The predicted molar refractivity (Wildman–Crippen MR) is 90.2 cm³/mol. The molecule has 0 N–H and O–H groups in total. The number of ether oxygens (including phenoxy) is 1. The van der Waals surface area contributed by atoms with Gasteiger partial charge in [-0.2, -0.15) is 0 Å². The summed E-state index contributed by atoms with van der Waals surface area (Å²) in [6.07, 6.45) is 0. The second kappa shape index (κ2) is 7.39. The molecule has 1 atom stereocenters. The fourth-order valence-electron chi connectivity index (χ4n) is 2.60. The van der Waals surface area contributed by atoms with Gasteiger partial charge in [-0.3, -0.25) is 4.79 Å². The highest BCUT2D eigenvalue weighted by atomic mass is 32.2. The molecular formula is C15H21N3O2S2. The molecule has 0 aromatic carbocycles. The fourth-order valence-corrected chi connectivity index (χ4v) is 4.29. The summed E-state index contributed by atoms with van der Waals surface area (Å²) < 4.78 is 8.23. The van der Waals surface area contributed by atoms with Crippen molar-refractivity contribution in [2.75, 3.05) is 19.5 Å². The van der Waals surface area contributed by atoms with E-state index < -0.39 is 0 Å². The van der Waals surface area contributed by atoms with Crippen LogP contribution >= 0.6 is 23.1 Å². The van der Waals surface area contributed by atoms with E-state index >= 15 is 0 Å². The van der Waals surface area contributed by atoms with Crippen LogP contribution in [0.25, 0.3) is 0 Å². The first kappa shape index (κ1) is 17.2. The van der Waals surface area contributed by atoms with E-state index in [-0.39, 0.29) is 11.8 Å². The lowest BCUT2D eigenvalue weighted by Crippen LogP contribution is -2.14. The van der Waals surface area contributed by atoms with E-state index in [0.717, 1.165) is 26.3 Å². The van der Waals surface area contributed by atoms with Crippen LogP contribution in [0, 0.1) is 20.8 Å². The quantitative estimate of drug-likeness (QED) is 0.571. The molecular weight excluding hydrogens is 318 g/mol. The Hall–Kier alpha value is -1.18. The lowest BCUT2D eigenvalue weighted by atomic mass is 10.2. The van der Waals surface area contributed by atoms with Gasteiger partial charge in [0.2, 0.25) is 0 Å². The molecule has 2 aromatic heterocycles. The van der Waals surface area contributed by atoms with E-state index in [4.69, 9.17) is 4.74 Å². The molecule has 0 aliphatic rings. The van der Waals surface area contributed by atoms with Crippen molar-refractivity contribution in [3.05, 3.63) is 28.0 Å². The Kier molecular flexibility index (Phi) is 5.77. The highest BCUT2D eigenvalue weighted by Gasteiger charge is 2.19. The first-order chi connectivity index (χ1) is 10.4. The van der Waals surface area contributed by atoms with Gasteiger partial charge >= 0.3 is 0 Å². The number of ketones is 1. The normalized spacial score (nSPS) is 12.6. The highest BCUT2D eigenvalue weighted by molar-refractivity contribution is 8.01.